The van der Waals surface area contributed by atoms with Crippen LogP contribution in [-0.4, -0.2) is 39.0 Å². The molecule has 1 aliphatic rings. The molecule has 1 fully saturated rings. The van der Waals surface area contributed by atoms with Gasteiger partial charge in [0, 0.05) is 7.05 Å². The minimum absolute atomic E-state index is 0.194. The van der Waals surface area contributed by atoms with Crippen LogP contribution in [0.4, 0.5) is 10.5 Å². The minimum atomic E-state index is -1.90. The maximum Gasteiger partial charge on any atom is 0.337 e. The lowest BCUT2D eigenvalue weighted by atomic mass is 10.3. The van der Waals surface area contributed by atoms with E-state index in [0.29, 0.717) is 5.69 Å². The summed E-state index contributed by atoms with van der Waals surface area (Å²) in [5.74, 6) is -0.816. The number of aliphatic imine (C=N–C) groups is 1. The maximum atomic E-state index is 12.2. The van der Waals surface area contributed by atoms with Crippen molar-refractivity contribution >= 4 is 69.9 Å². The summed E-state index contributed by atoms with van der Waals surface area (Å²) >= 11 is 22.8. The molecule has 1 aliphatic heterocycles. The Bertz CT molecular complexity index is 600. The van der Waals surface area contributed by atoms with Crippen molar-refractivity contribution in [1.82, 2.24) is 4.90 Å². The molecule has 2 rings (SSSR count). The normalized spacial score (nSPS) is 19.6. The zero-order chi connectivity index (χ0) is 15.8. The van der Waals surface area contributed by atoms with Gasteiger partial charge in [0.15, 0.2) is 5.50 Å². The first-order valence-corrected chi connectivity index (χ1v) is 7.26. The molecule has 0 aliphatic carbocycles. The Morgan fingerprint density at radius 3 is 2.24 bits per heavy atom. The van der Waals surface area contributed by atoms with E-state index in [9.17, 15) is 9.59 Å². The van der Waals surface area contributed by atoms with Gasteiger partial charge in [-0.3, -0.25) is 9.69 Å². The second-order valence-electron chi connectivity index (χ2n) is 4.15. The van der Waals surface area contributed by atoms with Gasteiger partial charge < -0.3 is 0 Å². The zero-order valence-electron chi connectivity index (χ0n) is 10.6. The highest BCUT2D eigenvalue weighted by atomic mass is 35.6. The van der Waals surface area contributed by atoms with E-state index in [2.05, 4.69) is 4.99 Å². The summed E-state index contributed by atoms with van der Waals surface area (Å²) in [5.41, 5.74) is -0.848. The Hall–Kier alpha value is -1.01. The van der Waals surface area contributed by atoms with Crippen molar-refractivity contribution < 1.29 is 9.59 Å². The summed E-state index contributed by atoms with van der Waals surface area (Å²) in [6.45, 7) is 0. The highest BCUT2D eigenvalue weighted by Crippen LogP contribution is 2.35. The summed E-state index contributed by atoms with van der Waals surface area (Å²) in [7, 11) is 1.34. The average Bonchev–Trinajstić information content (AvgIpc) is 2.63. The summed E-state index contributed by atoms with van der Waals surface area (Å²) in [5, 5.41) is 0. The molecule has 0 spiro atoms. The molecular formula is C12H9Cl4N3O2. The second kappa shape index (κ2) is 6.01. The van der Waals surface area contributed by atoms with Crippen LogP contribution in [0.5, 0.6) is 0 Å². The zero-order valence-corrected chi connectivity index (χ0v) is 13.7. The quantitative estimate of drug-likeness (QED) is 0.456. The molecule has 0 saturated carbocycles. The standard InChI is InChI=1S/C12H9Cl4N3O2/c1-18-9(20)8(17-10(13)12(14,15)16)19(11(18)21)7-5-3-2-4-6-7/h2-6,10H,1H3. The van der Waals surface area contributed by atoms with Gasteiger partial charge in [0.25, 0.3) is 5.91 Å². The van der Waals surface area contributed by atoms with Crippen molar-refractivity contribution in [3.63, 3.8) is 0 Å². The number of amides is 3. The fraction of sp³-hybridized carbons (Fsp3) is 0.250. The number of hydrogen-bond donors (Lipinski definition) is 0. The number of urea groups is 1. The third-order valence-corrected chi connectivity index (χ3v) is 4.09. The molecule has 1 atom stereocenters. The van der Waals surface area contributed by atoms with Gasteiger partial charge in [0.05, 0.1) is 5.69 Å². The first-order valence-electron chi connectivity index (χ1n) is 5.69. The van der Waals surface area contributed by atoms with Crippen LogP contribution in [0.1, 0.15) is 0 Å². The van der Waals surface area contributed by atoms with Gasteiger partial charge in [0.2, 0.25) is 9.63 Å². The minimum Gasteiger partial charge on any atom is -0.265 e. The third kappa shape index (κ3) is 3.26. The lowest BCUT2D eigenvalue weighted by Crippen LogP contribution is -2.33. The number of amidine groups is 1. The molecule has 1 aromatic rings. The number of nitrogens with zero attached hydrogens (tertiary/aromatic N) is 3. The molecule has 112 valence electrons. The first kappa shape index (κ1) is 16.4. The van der Waals surface area contributed by atoms with Gasteiger partial charge in [-0.15, -0.1) is 0 Å². The monoisotopic (exact) mass is 367 g/mol. The van der Waals surface area contributed by atoms with Gasteiger partial charge in [-0.1, -0.05) is 64.6 Å². The highest BCUT2D eigenvalue weighted by Gasteiger charge is 2.43. The van der Waals surface area contributed by atoms with Crippen molar-refractivity contribution in [3.8, 4) is 0 Å². The van der Waals surface area contributed by atoms with E-state index in [1.54, 1.807) is 30.3 Å². The Morgan fingerprint density at radius 1 is 1.14 bits per heavy atom. The number of hydrogen-bond acceptors (Lipinski definition) is 3. The smallest absolute Gasteiger partial charge is 0.265 e. The molecule has 1 heterocycles. The van der Waals surface area contributed by atoms with Crippen LogP contribution in [0, 0.1) is 0 Å². The summed E-state index contributed by atoms with van der Waals surface area (Å²) in [6.07, 6.45) is 0. The van der Waals surface area contributed by atoms with E-state index < -0.39 is 21.2 Å². The molecule has 1 saturated heterocycles. The predicted molar refractivity (Wildman–Crippen MR) is 84.5 cm³/mol. The maximum absolute atomic E-state index is 12.2. The van der Waals surface area contributed by atoms with Gasteiger partial charge in [0.1, 0.15) is 0 Å². The number of halogens is 4. The van der Waals surface area contributed by atoms with E-state index in [0.717, 1.165) is 9.80 Å². The van der Waals surface area contributed by atoms with Crippen LogP contribution in [0.15, 0.2) is 35.3 Å². The molecule has 0 aromatic heterocycles. The fourth-order valence-electron chi connectivity index (χ4n) is 1.68. The fourth-order valence-corrected chi connectivity index (χ4v) is 1.92. The molecule has 0 N–H and O–H groups in total. The molecule has 1 aromatic carbocycles. The van der Waals surface area contributed by atoms with Crippen molar-refractivity contribution in [2.24, 2.45) is 4.99 Å². The molecule has 0 radical (unpaired) electrons. The van der Waals surface area contributed by atoms with Crippen LogP contribution in [0.25, 0.3) is 0 Å². The number of alkyl halides is 4. The topological polar surface area (TPSA) is 53.0 Å². The number of carbonyl (C=O) groups is 2. The van der Waals surface area contributed by atoms with E-state index >= 15 is 0 Å². The Balaban J connectivity index is 2.48. The van der Waals surface area contributed by atoms with Crippen molar-refractivity contribution in [2.75, 3.05) is 11.9 Å². The van der Waals surface area contributed by atoms with Crippen LogP contribution in [0.3, 0.4) is 0 Å². The predicted octanol–water partition coefficient (Wildman–Crippen LogP) is 3.42. The van der Waals surface area contributed by atoms with Crippen molar-refractivity contribution in [3.05, 3.63) is 30.3 Å². The van der Waals surface area contributed by atoms with Gasteiger partial charge in [-0.2, -0.15) is 0 Å². The Kier molecular flexibility index (Phi) is 4.68. The molecule has 3 amide bonds. The molecule has 21 heavy (non-hydrogen) atoms. The van der Waals surface area contributed by atoms with Crippen molar-refractivity contribution in [2.45, 2.75) is 9.29 Å². The molecule has 0 bridgehead atoms. The molecule has 9 heteroatoms. The number of benzene rings is 1. The highest BCUT2D eigenvalue weighted by molar-refractivity contribution is 6.70. The molecule has 5 nitrogen and oxygen atoms in total. The number of imide groups is 1. The van der Waals surface area contributed by atoms with Gasteiger partial charge in [-0.05, 0) is 12.1 Å². The van der Waals surface area contributed by atoms with Crippen LogP contribution in [0.2, 0.25) is 0 Å². The van der Waals surface area contributed by atoms with Gasteiger partial charge in [-0.25, -0.2) is 14.7 Å². The van der Waals surface area contributed by atoms with E-state index in [1.807, 2.05) is 0 Å². The van der Waals surface area contributed by atoms with E-state index in [1.165, 1.54) is 7.05 Å². The van der Waals surface area contributed by atoms with Crippen LogP contribution >= 0.6 is 46.4 Å². The molecule has 1 unspecified atom stereocenters. The Morgan fingerprint density at radius 2 is 1.71 bits per heavy atom. The van der Waals surface area contributed by atoms with Gasteiger partial charge >= 0.3 is 6.03 Å². The number of likely N-dealkylation sites (N-methyl/N-ethyl adjacent to an activating group) is 1. The Labute approximate surface area is 141 Å². The van der Waals surface area contributed by atoms with Crippen LogP contribution < -0.4 is 4.90 Å². The third-order valence-electron chi connectivity index (χ3n) is 2.71. The van der Waals surface area contributed by atoms with E-state index in [-0.39, 0.29) is 5.84 Å². The molecular weight excluding hydrogens is 360 g/mol. The average molecular weight is 369 g/mol. The lowest BCUT2D eigenvalue weighted by molar-refractivity contribution is -0.119. The lowest BCUT2D eigenvalue weighted by Gasteiger charge is -2.18. The number of anilines is 1. The van der Waals surface area contributed by atoms with Crippen LogP contribution in [-0.2, 0) is 4.79 Å². The summed E-state index contributed by atoms with van der Waals surface area (Å²) < 4.78 is -1.90. The number of para-hydroxylation sites is 1. The first-order chi connectivity index (χ1) is 9.73. The van der Waals surface area contributed by atoms with Crippen molar-refractivity contribution in [1.29, 1.82) is 0 Å². The largest absolute Gasteiger partial charge is 0.337 e. The summed E-state index contributed by atoms with van der Waals surface area (Å²) in [6, 6.07) is 7.96. The number of rotatable bonds is 2. The number of carbonyl (C=O) groups excluding carboxylic acids is 2. The second-order valence-corrected chi connectivity index (χ2v) is 6.93. The summed E-state index contributed by atoms with van der Waals surface area (Å²) in [4.78, 5) is 30.2. The van der Waals surface area contributed by atoms with E-state index in [4.69, 9.17) is 46.4 Å². The SMILES string of the molecule is CN1C(=O)C(=NC(Cl)C(Cl)(Cl)Cl)N(c2ccccc2)C1=O.